The van der Waals surface area contributed by atoms with Gasteiger partial charge in [0, 0.05) is 0 Å². The summed E-state index contributed by atoms with van der Waals surface area (Å²) < 4.78 is 27.5. The lowest BCUT2D eigenvalue weighted by Gasteiger charge is -2.03. The van der Waals surface area contributed by atoms with E-state index in [2.05, 4.69) is 4.74 Å². The minimum atomic E-state index is -2.74. The largest absolute Gasteiger partial charge is 0.435 e. The highest BCUT2D eigenvalue weighted by Crippen LogP contribution is 2.14. The second-order valence-corrected chi connectivity index (χ2v) is 2.38. The molecule has 16 heavy (non-hydrogen) atoms. The monoisotopic (exact) mass is 232 g/mol. The lowest BCUT2D eigenvalue weighted by atomic mass is 10.2. The molecule has 0 unspecified atom stereocenters. The summed E-state index contributed by atoms with van der Waals surface area (Å²) in [6.07, 6.45) is 0.898. The predicted molar refractivity (Wildman–Crippen MR) is 65.1 cm³/mol. The molecule has 94 valence electrons. The van der Waals surface area contributed by atoms with Crippen molar-refractivity contribution >= 4 is 0 Å². The molecule has 0 aliphatic carbocycles. The molecule has 3 heteroatoms. The van der Waals surface area contributed by atoms with E-state index in [0.29, 0.717) is 0 Å². The van der Waals surface area contributed by atoms with Crippen molar-refractivity contribution in [1.82, 2.24) is 0 Å². The molecule has 0 N–H and O–H groups in total. The molecule has 1 aromatic rings. The molecule has 0 atom stereocenters. The summed E-state index contributed by atoms with van der Waals surface area (Å²) in [6.45, 7) is 7.26. The first-order chi connectivity index (χ1) is 7.72. The maximum Gasteiger partial charge on any atom is 0.387 e. The van der Waals surface area contributed by atoms with E-state index < -0.39 is 6.61 Å². The minimum Gasteiger partial charge on any atom is -0.435 e. The Morgan fingerprint density at radius 2 is 1.44 bits per heavy atom. The summed E-state index contributed by atoms with van der Waals surface area (Å²) in [5, 5.41) is 0. The molecule has 0 bridgehead atoms. The zero-order valence-corrected chi connectivity index (χ0v) is 10.8. The van der Waals surface area contributed by atoms with Gasteiger partial charge in [-0.05, 0) is 24.1 Å². The fourth-order valence-electron chi connectivity index (χ4n) is 0.907. The van der Waals surface area contributed by atoms with Crippen LogP contribution in [-0.4, -0.2) is 6.61 Å². The molecule has 0 aliphatic rings. The highest BCUT2D eigenvalue weighted by atomic mass is 19.3. The lowest BCUT2D eigenvalue weighted by molar-refractivity contribution is -0.0498. The van der Waals surface area contributed by atoms with Crippen LogP contribution in [0.5, 0.6) is 5.75 Å². The van der Waals surface area contributed by atoms with Gasteiger partial charge in [0.25, 0.3) is 0 Å². The molecule has 1 rings (SSSR count). The Balaban J connectivity index is 0. The summed E-state index contributed by atoms with van der Waals surface area (Å²) >= 11 is 0. The molecule has 0 heterocycles. The van der Waals surface area contributed by atoms with Crippen molar-refractivity contribution < 1.29 is 13.5 Å². The van der Waals surface area contributed by atoms with E-state index in [4.69, 9.17) is 0 Å². The molecule has 0 spiro atoms. The Morgan fingerprint density at radius 3 is 1.75 bits per heavy atom. The van der Waals surface area contributed by atoms with Gasteiger partial charge < -0.3 is 4.74 Å². The smallest absolute Gasteiger partial charge is 0.387 e. The molecular formula is C13H22F2O. The Bertz CT molecular complexity index is 232. The molecule has 0 radical (unpaired) electrons. The third kappa shape index (κ3) is 8.21. The van der Waals surface area contributed by atoms with Crippen molar-refractivity contribution in [2.24, 2.45) is 0 Å². The molecule has 0 aromatic heterocycles. The van der Waals surface area contributed by atoms with Crippen LogP contribution in [0.3, 0.4) is 0 Å². The second-order valence-electron chi connectivity index (χ2n) is 2.38. The molecule has 0 saturated carbocycles. The van der Waals surface area contributed by atoms with E-state index in [0.717, 1.165) is 12.0 Å². The molecular weight excluding hydrogens is 210 g/mol. The topological polar surface area (TPSA) is 9.23 Å². The van der Waals surface area contributed by atoms with Crippen molar-refractivity contribution in [1.29, 1.82) is 0 Å². The number of rotatable bonds is 3. The van der Waals surface area contributed by atoms with Crippen LogP contribution in [0.25, 0.3) is 0 Å². The van der Waals surface area contributed by atoms with E-state index in [9.17, 15) is 8.78 Å². The minimum absolute atomic E-state index is 0.210. The maximum atomic E-state index is 11.7. The van der Waals surface area contributed by atoms with Crippen molar-refractivity contribution in [3.63, 3.8) is 0 Å². The van der Waals surface area contributed by atoms with Gasteiger partial charge in [0.1, 0.15) is 5.75 Å². The number of ether oxygens (including phenoxy) is 1. The number of hydrogen-bond acceptors (Lipinski definition) is 1. The van der Waals surface area contributed by atoms with Crippen molar-refractivity contribution in [3.05, 3.63) is 29.8 Å². The Kier molecular flexibility index (Phi) is 12.9. The molecule has 1 aromatic carbocycles. The summed E-state index contributed by atoms with van der Waals surface area (Å²) in [4.78, 5) is 0. The molecule has 0 aliphatic heterocycles. The maximum absolute atomic E-state index is 11.7. The van der Waals surface area contributed by atoms with Gasteiger partial charge in [-0.15, -0.1) is 0 Å². The fourth-order valence-corrected chi connectivity index (χ4v) is 0.907. The summed E-state index contributed by atoms with van der Waals surface area (Å²) in [7, 11) is 0. The van der Waals surface area contributed by atoms with Crippen LogP contribution in [0.4, 0.5) is 8.78 Å². The molecule has 0 saturated heterocycles. The van der Waals surface area contributed by atoms with Gasteiger partial charge in [0.15, 0.2) is 0 Å². The summed E-state index contributed by atoms with van der Waals surface area (Å²) in [6, 6.07) is 6.64. The SMILES string of the molecule is CC.CC.CCc1ccc(OC(F)F)cc1. The van der Waals surface area contributed by atoms with Crippen LogP contribution in [0.15, 0.2) is 24.3 Å². The molecule has 1 nitrogen and oxygen atoms in total. The first-order valence-electron chi connectivity index (χ1n) is 5.76. The van der Waals surface area contributed by atoms with E-state index in [1.165, 1.54) is 0 Å². The van der Waals surface area contributed by atoms with Crippen molar-refractivity contribution in [3.8, 4) is 5.75 Å². The average molecular weight is 232 g/mol. The van der Waals surface area contributed by atoms with E-state index >= 15 is 0 Å². The first kappa shape index (κ1) is 17.3. The number of alkyl halides is 2. The number of hydrogen-bond donors (Lipinski definition) is 0. The van der Waals surface area contributed by atoms with Gasteiger partial charge >= 0.3 is 6.61 Å². The van der Waals surface area contributed by atoms with Crippen LogP contribution in [0, 0.1) is 0 Å². The first-order valence-corrected chi connectivity index (χ1v) is 5.76. The summed E-state index contributed by atoms with van der Waals surface area (Å²) in [5.74, 6) is 0.210. The predicted octanol–water partition coefficient (Wildman–Crippen LogP) is 4.90. The Labute approximate surface area is 97.4 Å². The Morgan fingerprint density at radius 1 is 1.00 bits per heavy atom. The zero-order valence-electron chi connectivity index (χ0n) is 10.8. The van der Waals surface area contributed by atoms with Crippen LogP contribution in [0.2, 0.25) is 0 Å². The number of benzene rings is 1. The quantitative estimate of drug-likeness (QED) is 0.720. The number of aryl methyl sites for hydroxylation is 1. The van der Waals surface area contributed by atoms with Crippen LogP contribution in [-0.2, 0) is 6.42 Å². The highest BCUT2D eigenvalue weighted by molar-refractivity contribution is 5.27. The van der Waals surface area contributed by atoms with Gasteiger partial charge in [0.2, 0.25) is 0 Å². The van der Waals surface area contributed by atoms with E-state index in [1.54, 1.807) is 24.3 Å². The van der Waals surface area contributed by atoms with Crippen LogP contribution in [0.1, 0.15) is 40.2 Å². The zero-order chi connectivity index (χ0) is 13.0. The van der Waals surface area contributed by atoms with Gasteiger partial charge in [-0.3, -0.25) is 0 Å². The Hall–Kier alpha value is -1.12. The third-order valence-electron chi connectivity index (χ3n) is 1.56. The van der Waals surface area contributed by atoms with Gasteiger partial charge in [-0.2, -0.15) is 8.78 Å². The van der Waals surface area contributed by atoms with Crippen molar-refractivity contribution in [2.75, 3.05) is 0 Å². The highest BCUT2D eigenvalue weighted by Gasteiger charge is 2.02. The van der Waals surface area contributed by atoms with Crippen molar-refractivity contribution in [2.45, 2.75) is 47.7 Å². The fraction of sp³-hybridized carbons (Fsp3) is 0.538. The van der Waals surface area contributed by atoms with E-state index in [1.807, 2.05) is 34.6 Å². The summed E-state index contributed by atoms with van der Waals surface area (Å²) in [5.41, 5.74) is 1.11. The van der Waals surface area contributed by atoms with Gasteiger partial charge in [0.05, 0.1) is 0 Å². The van der Waals surface area contributed by atoms with Gasteiger partial charge in [-0.1, -0.05) is 46.8 Å². The molecule has 0 amide bonds. The third-order valence-corrected chi connectivity index (χ3v) is 1.56. The van der Waals surface area contributed by atoms with E-state index in [-0.39, 0.29) is 5.75 Å². The lowest BCUT2D eigenvalue weighted by Crippen LogP contribution is -2.01. The normalized spacial score (nSPS) is 8.50. The molecule has 0 fully saturated rings. The average Bonchev–Trinajstić information content (AvgIpc) is 2.34. The number of halogens is 2. The van der Waals surface area contributed by atoms with Gasteiger partial charge in [-0.25, -0.2) is 0 Å². The van der Waals surface area contributed by atoms with Crippen LogP contribution >= 0.6 is 0 Å². The van der Waals surface area contributed by atoms with Crippen LogP contribution < -0.4 is 4.74 Å². The standard InChI is InChI=1S/C9H10F2O.2C2H6/c1-2-7-3-5-8(6-4-7)12-9(10)11;2*1-2/h3-6,9H,2H2,1H3;2*1-2H3. The second kappa shape index (κ2) is 12.0.